The molecule has 1 N–H and O–H groups in total. The molecule has 20 heavy (non-hydrogen) atoms. The lowest BCUT2D eigenvalue weighted by Gasteiger charge is -2.36. The summed E-state index contributed by atoms with van der Waals surface area (Å²) in [5.74, 6) is 0. The normalized spacial score (nSPS) is 17.4. The molecule has 0 atom stereocenters. The van der Waals surface area contributed by atoms with E-state index in [1.165, 1.54) is 4.90 Å². The van der Waals surface area contributed by atoms with Crippen molar-refractivity contribution in [1.29, 1.82) is 0 Å². The van der Waals surface area contributed by atoms with Gasteiger partial charge in [-0.05, 0) is 31.9 Å². The maximum Gasteiger partial charge on any atom is 0.407 e. The Morgan fingerprint density at radius 2 is 2.05 bits per heavy atom. The molecule has 4 nitrogen and oxygen atoms in total. The molecule has 1 aromatic carbocycles. The molecular formula is C15H21NO3S. The molecule has 110 valence electrons. The fraction of sp³-hybridized carbons (Fsp3) is 0.533. The third-order valence-corrected chi connectivity index (χ3v) is 4.81. The van der Waals surface area contributed by atoms with Crippen molar-refractivity contribution in [3.63, 3.8) is 0 Å². The van der Waals surface area contributed by atoms with Gasteiger partial charge in [0, 0.05) is 29.4 Å². The fourth-order valence-corrected chi connectivity index (χ4v) is 3.52. The van der Waals surface area contributed by atoms with Crippen molar-refractivity contribution in [2.75, 3.05) is 26.4 Å². The van der Waals surface area contributed by atoms with Gasteiger partial charge in [-0.2, -0.15) is 0 Å². The van der Waals surface area contributed by atoms with Crippen molar-refractivity contribution in [2.24, 2.45) is 0 Å². The van der Waals surface area contributed by atoms with Crippen LogP contribution in [0, 0.1) is 0 Å². The minimum Gasteiger partial charge on any atom is -0.450 e. The molecule has 5 heteroatoms. The van der Waals surface area contributed by atoms with Crippen molar-refractivity contribution in [3.05, 3.63) is 30.3 Å². The molecule has 0 aromatic heterocycles. The average Bonchev–Trinajstić information content (AvgIpc) is 2.48. The number of amides is 1. The second-order valence-electron chi connectivity index (χ2n) is 4.78. The summed E-state index contributed by atoms with van der Waals surface area (Å²) in [6.07, 6.45) is 1.52. The van der Waals surface area contributed by atoms with Crippen LogP contribution in [0.2, 0.25) is 0 Å². The topological polar surface area (TPSA) is 47.6 Å². The van der Waals surface area contributed by atoms with Crippen molar-refractivity contribution in [1.82, 2.24) is 5.32 Å². The second kappa shape index (κ2) is 7.55. The summed E-state index contributed by atoms with van der Waals surface area (Å²) < 4.78 is 10.4. The number of alkyl carbamates (subject to hydrolysis) is 1. The zero-order valence-corrected chi connectivity index (χ0v) is 12.6. The number of nitrogens with one attached hydrogen (secondary N) is 1. The summed E-state index contributed by atoms with van der Waals surface area (Å²) in [6, 6.07) is 10.3. The van der Waals surface area contributed by atoms with Gasteiger partial charge in [-0.25, -0.2) is 4.79 Å². The van der Waals surface area contributed by atoms with Gasteiger partial charge in [0.25, 0.3) is 0 Å². The molecule has 0 radical (unpaired) electrons. The molecular weight excluding hydrogens is 274 g/mol. The van der Waals surface area contributed by atoms with Gasteiger partial charge in [-0.15, -0.1) is 11.8 Å². The smallest absolute Gasteiger partial charge is 0.407 e. The Bertz CT molecular complexity index is 418. The summed E-state index contributed by atoms with van der Waals surface area (Å²) in [5.41, 5.74) is 0. The Labute approximate surface area is 124 Å². The lowest BCUT2D eigenvalue weighted by Crippen LogP contribution is -2.44. The maximum absolute atomic E-state index is 11.5. The highest BCUT2D eigenvalue weighted by Gasteiger charge is 2.34. The third kappa shape index (κ3) is 4.42. The minimum absolute atomic E-state index is 0.00757. The van der Waals surface area contributed by atoms with Crippen molar-refractivity contribution >= 4 is 17.9 Å². The zero-order chi connectivity index (χ0) is 14.3. The van der Waals surface area contributed by atoms with Gasteiger partial charge >= 0.3 is 6.09 Å². The minimum atomic E-state index is -0.341. The van der Waals surface area contributed by atoms with E-state index in [1.807, 2.05) is 36.9 Å². The van der Waals surface area contributed by atoms with Gasteiger partial charge in [0.05, 0.1) is 6.61 Å². The standard InChI is InChI=1S/C15H21NO3S/c1-2-19-14(17)16-12-15(8-10-18-11-9-15)20-13-6-4-3-5-7-13/h3-7H,2,8-12H2,1H3,(H,16,17). The molecule has 1 aliphatic rings. The van der Waals surface area contributed by atoms with Gasteiger partial charge in [0.15, 0.2) is 0 Å². The van der Waals surface area contributed by atoms with Crippen LogP contribution in [-0.2, 0) is 9.47 Å². The van der Waals surface area contributed by atoms with Gasteiger partial charge in [0.2, 0.25) is 0 Å². The largest absolute Gasteiger partial charge is 0.450 e. The van der Waals surface area contributed by atoms with Crippen LogP contribution in [0.25, 0.3) is 0 Å². The van der Waals surface area contributed by atoms with Crippen molar-refractivity contribution in [3.8, 4) is 0 Å². The van der Waals surface area contributed by atoms with Crippen LogP contribution >= 0.6 is 11.8 Å². The van der Waals surface area contributed by atoms with Crippen LogP contribution in [0.15, 0.2) is 35.2 Å². The third-order valence-electron chi connectivity index (χ3n) is 3.31. The highest BCUT2D eigenvalue weighted by Crippen LogP contribution is 2.39. The predicted molar refractivity (Wildman–Crippen MR) is 80.1 cm³/mol. The van der Waals surface area contributed by atoms with E-state index in [-0.39, 0.29) is 10.8 Å². The summed E-state index contributed by atoms with van der Waals surface area (Å²) in [7, 11) is 0. The van der Waals surface area contributed by atoms with Gasteiger partial charge < -0.3 is 14.8 Å². The van der Waals surface area contributed by atoms with E-state index in [1.54, 1.807) is 0 Å². The molecule has 1 fully saturated rings. The fourth-order valence-electron chi connectivity index (χ4n) is 2.21. The number of carbonyl (C=O) groups is 1. The molecule has 0 aliphatic carbocycles. The number of ether oxygens (including phenoxy) is 2. The van der Waals surface area contributed by atoms with Crippen LogP contribution in [0.4, 0.5) is 4.79 Å². The molecule has 2 rings (SSSR count). The second-order valence-corrected chi connectivity index (χ2v) is 6.33. The predicted octanol–water partition coefficient (Wildman–Crippen LogP) is 3.07. The molecule has 1 aromatic rings. The number of carbonyl (C=O) groups excluding carboxylic acids is 1. The first kappa shape index (κ1) is 15.2. The van der Waals surface area contributed by atoms with Crippen molar-refractivity contribution < 1.29 is 14.3 Å². The van der Waals surface area contributed by atoms with E-state index in [0.29, 0.717) is 13.2 Å². The highest BCUT2D eigenvalue weighted by atomic mass is 32.2. The Morgan fingerprint density at radius 1 is 1.35 bits per heavy atom. The van der Waals surface area contributed by atoms with Crippen LogP contribution in [0.5, 0.6) is 0 Å². The number of hydrogen-bond donors (Lipinski definition) is 1. The molecule has 1 amide bonds. The molecule has 0 bridgehead atoms. The highest BCUT2D eigenvalue weighted by molar-refractivity contribution is 8.00. The number of thioether (sulfide) groups is 1. The Balaban J connectivity index is 1.99. The van der Waals surface area contributed by atoms with Crippen LogP contribution in [0.3, 0.4) is 0 Å². The van der Waals surface area contributed by atoms with E-state index in [9.17, 15) is 4.79 Å². The SMILES string of the molecule is CCOC(=O)NCC1(Sc2ccccc2)CCOCC1. The number of hydrogen-bond acceptors (Lipinski definition) is 4. The van der Waals surface area contributed by atoms with E-state index < -0.39 is 0 Å². The van der Waals surface area contributed by atoms with Crippen LogP contribution in [-0.4, -0.2) is 37.2 Å². The van der Waals surface area contributed by atoms with E-state index in [0.717, 1.165) is 26.1 Å². The Hall–Kier alpha value is -1.20. The molecule has 1 heterocycles. The maximum atomic E-state index is 11.5. The van der Waals surface area contributed by atoms with Crippen LogP contribution < -0.4 is 5.32 Å². The van der Waals surface area contributed by atoms with Gasteiger partial charge in [-0.1, -0.05) is 18.2 Å². The molecule has 1 aliphatic heterocycles. The summed E-state index contributed by atoms with van der Waals surface area (Å²) in [5, 5.41) is 2.88. The van der Waals surface area contributed by atoms with Crippen LogP contribution in [0.1, 0.15) is 19.8 Å². The van der Waals surface area contributed by atoms with E-state index in [2.05, 4.69) is 17.4 Å². The first-order chi connectivity index (χ1) is 9.74. The first-order valence-corrected chi connectivity index (χ1v) is 7.78. The van der Waals surface area contributed by atoms with E-state index >= 15 is 0 Å². The van der Waals surface area contributed by atoms with Gasteiger partial charge in [-0.3, -0.25) is 0 Å². The number of benzene rings is 1. The number of rotatable bonds is 5. The zero-order valence-electron chi connectivity index (χ0n) is 11.8. The van der Waals surface area contributed by atoms with Crippen molar-refractivity contribution in [2.45, 2.75) is 29.4 Å². The summed E-state index contributed by atoms with van der Waals surface area (Å²) in [4.78, 5) is 12.7. The Kier molecular flexibility index (Phi) is 5.73. The molecule has 0 spiro atoms. The quantitative estimate of drug-likeness (QED) is 0.907. The molecule has 0 saturated carbocycles. The van der Waals surface area contributed by atoms with E-state index in [4.69, 9.17) is 9.47 Å². The summed E-state index contributed by atoms with van der Waals surface area (Å²) in [6.45, 7) is 4.29. The average molecular weight is 295 g/mol. The monoisotopic (exact) mass is 295 g/mol. The summed E-state index contributed by atoms with van der Waals surface area (Å²) >= 11 is 1.82. The molecule has 1 saturated heterocycles. The van der Waals surface area contributed by atoms with Gasteiger partial charge in [0.1, 0.15) is 0 Å². The lowest BCUT2D eigenvalue weighted by molar-refractivity contribution is 0.0760. The molecule has 0 unspecified atom stereocenters. The lowest BCUT2D eigenvalue weighted by atomic mass is 9.99. The first-order valence-electron chi connectivity index (χ1n) is 6.96. The Morgan fingerprint density at radius 3 is 2.70 bits per heavy atom.